The van der Waals surface area contributed by atoms with E-state index in [1.54, 1.807) is 0 Å². The molecule has 2 bridgehead atoms. The summed E-state index contributed by atoms with van der Waals surface area (Å²) in [7, 11) is 0. The smallest absolute Gasteiger partial charge is 0.0335 e. The highest BCUT2D eigenvalue weighted by molar-refractivity contribution is 5.30. The molecule has 3 heteroatoms. The van der Waals surface area contributed by atoms with Gasteiger partial charge in [0.2, 0.25) is 0 Å². The first-order valence-electron chi connectivity index (χ1n) is 9.73. The molecule has 4 aliphatic rings. The largest absolute Gasteiger partial charge is 0.298 e. The van der Waals surface area contributed by atoms with Crippen LogP contribution in [0.1, 0.15) is 35.4 Å². The molecule has 2 aromatic rings. The topological polar surface area (TPSA) is 19.4 Å². The van der Waals surface area contributed by atoms with E-state index < -0.39 is 0 Å². The lowest BCUT2D eigenvalue weighted by Gasteiger charge is -2.51. The van der Waals surface area contributed by atoms with Gasteiger partial charge in [-0.3, -0.25) is 14.8 Å². The number of nitrogens with zero attached hydrogens (tertiary/aromatic N) is 3. The highest BCUT2D eigenvalue weighted by atomic mass is 15.3. The Morgan fingerprint density at radius 3 is 2.56 bits per heavy atom. The van der Waals surface area contributed by atoms with Crippen molar-refractivity contribution in [3.05, 3.63) is 65.5 Å². The molecule has 0 saturated carbocycles. The van der Waals surface area contributed by atoms with Crippen molar-refractivity contribution in [2.45, 2.75) is 44.3 Å². The number of piperidine rings is 3. The third kappa shape index (κ3) is 2.70. The van der Waals surface area contributed by atoms with Crippen LogP contribution in [-0.2, 0) is 6.54 Å². The Hall–Kier alpha value is -1.71. The van der Waals surface area contributed by atoms with Crippen LogP contribution in [0, 0.1) is 12.8 Å². The molecule has 0 aliphatic carbocycles. The average Bonchev–Trinajstić information content (AvgIpc) is 3.06. The number of hydrogen-bond donors (Lipinski definition) is 0. The van der Waals surface area contributed by atoms with Crippen LogP contribution in [0.25, 0.3) is 0 Å². The molecular formula is C22H27N3. The van der Waals surface area contributed by atoms with E-state index in [0.29, 0.717) is 18.0 Å². The Morgan fingerprint density at radius 1 is 1.04 bits per heavy atom. The summed E-state index contributed by atoms with van der Waals surface area (Å²) in [4.78, 5) is 9.88. The Bertz CT molecular complexity index is 719. The average molecular weight is 333 g/mol. The summed E-state index contributed by atoms with van der Waals surface area (Å²) in [5.74, 6) is 1.52. The van der Waals surface area contributed by atoms with Crippen LogP contribution in [0.4, 0.5) is 0 Å². The summed E-state index contributed by atoms with van der Waals surface area (Å²) in [6.45, 7) is 7.01. The number of benzene rings is 1. The number of aromatic nitrogens is 1. The van der Waals surface area contributed by atoms with Crippen molar-refractivity contribution in [2.75, 3.05) is 19.6 Å². The van der Waals surface area contributed by atoms with Crippen molar-refractivity contribution >= 4 is 0 Å². The fraction of sp³-hybridized carbons (Fsp3) is 0.500. The molecule has 3 atom stereocenters. The van der Waals surface area contributed by atoms with E-state index in [1.807, 2.05) is 12.4 Å². The molecule has 0 spiro atoms. The first-order chi connectivity index (χ1) is 12.3. The third-order valence-corrected chi connectivity index (χ3v) is 6.71. The number of hydrogen-bond acceptors (Lipinski definition) is 3. The molecule has 5 heterocycles. The van der Waals surface area contributed by atoms with Crippen LogP contribution in [0.2, 0.25) is 0 Å². The van der Waals surface area contributed by atoms with Gasteiger partial charge in [-0.25, -0.2) is 0 Å². The van der Waals surface area contributed by atoms with Crippen LogP contribution in [0.5, 0.6) is 0 Å². The van der Waals surface area contributed by atoms with E-state index >= 15 is 0 Å². The van der Waals surface area contributed by atoms with Crippen molar-refractivity contribution in [2.24, 2.45) is 5.92 Å². The minimum atomic E-state index is 0.644. The van der Waals surface area contributed by atoms with Crippen LogP contribution >= 0.6 is 0 Å². The predicted molar refractivity (Wildman–Crippen MR) is 100 cm³/mol. The summed E-state index contributed by atoms with van der Waals surface area (Å²) in [5.41, 5.74) is 4.24. The Balaban J connectivity index is 1.47. The summed E-state index contributed by atoms with van der Waals surface area (Å²) in [6, 6.07) is 15.0. The molecular weight excluding hydrogens is 306 g/mol. The monoisotopic (exact) mass is 333 g/mol. The van der Waals surface area contributed by atoms with E-state index in [9.17, 15) is 0 Å². The second-order valence-electron chi connectivity index (χ2n) is 8.16. The zero-order valence-electron chi connectivity index (χ0n) is 15.0. The molecule has 4 aliphatic heterocycles. The number of pyridine rings is 1. The molecule has 25 heavy (non-hydrogen) atoms. The van der Waals surface area contributed by atoms with E-state index in [2.05, 4.69) is 58.1 Å². The quantitative estimate of drug-likeness (QED) is 0.857. The molecule has 0 radical (unpaired) electrons. The molecule has 4 fully saturated rings. The van der Waals surface area contributed by atoms with Crippen molar-refractivity contribution in [1.29, 1.82) is 0 Å². The van der Waals surface area contributed by atoms with Crippen molar-refractivity contribution < 1.29 is 0 Å². The van der Waals surface area contributed by atoms with Gasteiger partial charge in [-0.15, -0.1) is 0 Å². The highest BCUT2D eigenvalue weighted by Gasteiger charge is 2.53. The zero-order chi connectivity index (χ0) is 16.8. The van der Waals surface area contributed by atoms with Gasteiger partial charge in [0.15, 0.2) is 0 Å². The first-order valence-corrected chi connectivity index (χ1v) is 9.73. The number of aryl methyl sites for hydroxylation is 1. The number of rotatable bonds is 3. The highest BCUT2D eigenvalue weighted by Crippen LogP contribution is 2.46. The molecule has 130 valence electrons. The molecule has 0 N–H and O–H groups in total. The Labute approximate surface area is 150 Å². The van der Waals surface area contributed by atoms with E-state index in [1.165, 1.54) is 49.2 Å². The standard InChI is InChI=1S/C22H27N3/c1-16-4-6-18(7-5-16)20-15-25(14-17-3-2-10-23-13-17)21-19-8-11-24(12-9-19)22(20)21/h2-7,10,13,19-22H,8-9,11-12,14-15H2,1H3/t20-,21-,22-/m1/s1. The molecule has 1 aromatic heterocycles. The SMILES string of the molecule is Cc1ccc([C@H]2CN(Cc3cccnc3)[C@@H]3C4CCN(CC4)[C@H]23)cc1. The maximum Gasteiger partial charge on any atom is 0.0335 e. The van der Waals surface area contributed by atoms with Gasteiger partial charge in [0.05, 0.1) is 0 Å². The molecule has 0 amide bonds. The molecule has 0 unspecified atom stereocenters. The number of fused-ring (bicyclic) bond motifs is 2. The Kier molecular flexibility index (Phi) is 3.87. The molecule has 6 rings (SSSR count). The number of likely N-dealkylation sites (tertiary alicyclic amines) is 1. The second-order valence-corrected chi connectivity index (χ2v) is 8.16. The van der Waals surface area contributed by atoms with Crippen molar-refractivity contribution in [1.82, 2.24) is 14.8 Å². The van der Waals surface area contributed by atoms with E-state index in [4.69, 9.17) is 0 Å². The summed E-state index contributed by atoms with van der Waals surface area (Å²) >= 11 is 0. The fourth-order valence-electron chi connectivity index (χ4n) is 5.56. The van der Waals surface area contributed by atoms with Gasteiger partial charge in [-0.2, -0.15) is 0 Å². The maximum absolute atomic E-state index is 4.33. The van der Waals surface area contributed by atoms with Gasteiger partial charge in [0.1, 0.15) is 0 Å². The summed E-state index contributed by atoms with van der Waals surface area (Å²) < 4.78 is 0. The van der Waals surface area contributed by atoms with Crippen LogP contribution in [0.15, 0.2) is 48.8 Å². The maximum atomic E-state index is 4.33. The molecule has 3 nitrogen and oxygen atoms in total. The van der Waals surface area contributed by atoms with Gasteiger partial charge >= 0.3 is 0 Å². The van der Waals surface area contributed by atoms with Gasteiger partial charge in [-0.05, 0) is 56.0 Å². The molecule has 1 aromatic carbocycles. The minimum absolute atomic E-state index is 0.644. The van der Waals surface area contributed by atoms with E-state index in [-0.39, 0.29) is 0 Å². The van der Waals surface area contributed by atoms with Gasteiger partial charge in [0.25, 0.3) is 0 Å². The Morgan fingerprint density at radius 2 is 1.84 bits per heavy atom. The van der Waals surface area contributed by atoms with Crippen molar-refractivity contribution in [3.63, 3.8) is 0 Å². The van der Waals surface area contributed by atoms with Gasteiger partial charge < -0.3 is 0 Å². The van der Waals surface area contributed by atoms with Crippen molar-refractivity contribution in [3.8, 4) is 0 Å². The normalized spacial score (nSPS) is 34.2. The van der Waals surface area contributed by atoms with Gasteiger partial charge in [0, 0.05) is 43.5 Å². The first kappa shape index (κ1) is 15.5. The zero-order valence-corrected chi connectivity index (χ0v) is 15.0. The second kappa shape index (κ2) is 6.22. The predicted octanol–water partition coefficient (Wildman–Crippen LogP) is 3.45. The lowest BCUT2D eigenvalue weighted by molar-refractivity contribution is -0.00871. The fourth-order valence-corrected chi connectivity index (χ4v) is 5.56. The summed E-state index contributed by atoms with van der Waals surface area (Å²) in [5, 5.41) is 0. The van der Waals surface area contributed by atoms with Crippen LogP contribution in [-0.4, -0.2) is 46.5 Å². The summed E-state index contributed by atoms with van der Waals surface area (Å²) in [6.07, 6.45) is 6.67. The van der Waals surface area contributed by atoms with Gasteiger partial charge in [-0.1, -0.05) is 35.9 Å². The third-order valence-electron chi connectivity index (χ3n) is 6.71. The van der Waals surface area contributed by atoms with Crippen LogP contribution < -0.4 is 0 Å². The van der Waals surface area contributed by atoms with Crippen LogP contribution in [0.3, 0.4) is 0 Å². The lowest BCUT2D eigenvalue weighted by atomic mass is 9.75. The minimum Gasteiger partial charge on any atom is -0.298 e. The van der Waals surface area contributed by atoms with E-state index in [0.717, 1.165) is 12.5 Å². The molecule has 4 saturated heterocycles. The lowest BCUT2D eigenvalue weighted by Crippen LogP contribution is -2.59.